The minimum atomic E-state index is -0.889. The Morgan fingerprint density at radius 3 is 2.61 bits per heavy atom. The lowest BCUT2D eigenvalue weighted by molar-refractivity contribution is -0.150. The first kappa shape index (κ1) is 12.8. The zero-order chi connectivity index (χ0) is 13.2. The molecule has 0 aromatic heterocycles. The van der Waals surface area contributed by atoms with Crippen LogP contribution in [0.15, 0.2) is 0 Å². The molecule has 1 unspecified atom stereocenters. The molecule has 0 spiro atoms. The molecule has 0 bridgehead atoms. The van der Waals surface area contributed by atoms with Crippen LogP contribution in [0.1, 0.15) is 25.7 Å². The Bertz CT molecular complexity index is 396. The van der Waals surface area contributed by atoms with Crippen LogP contribution in [0.3, 0.4) is 0 Å². The second kappa shape index (κ2) is 4.94. The van der Waals surface area contributed by atoms with Gasteiger partial charge in [0.25, 0.3) is 0 Å². The zero-order valence-corrected chi connectivity index (χ0v) is 10.2. The minimum Gasteiger partial charge on any atom is -0.367 e. The molecule has 2 aliphatic rings. The van der Waals surface area contributed by atoms with E-state index in [0.717, 1.165) is 12.8 Å². The van der Waals surface area contributed by atoms with E-state index in [1.807, 2.05) is 0 Å². The van der Waals surface area contributed by atoms with Gasteiger partial charge in [-0.3, -0.25) is 9.59 Å². The summed E-state index contributed by atoms with van der Waals surface area (Å²) < 4.78 is 5.20. The SMILES string of the molecule is N#CC1(C(=O)N2CCOC(C(N)=O)C2)CCCC1. The van der Waals surface area contributed by atoms with E-state index in [1.54, 1.807) is 4.90 Å². The van der Waals surface area contributed by atoms with Crippen molar-refractivity contribution in [1.82, 2.24) is 4.90 Å². The molecular weight excluding hydrogens is 234 g/mol. The van der Waals surface area contributed by atoms with Gasteiger partial charge >= 0.3 is 0 Å². The van der Waals surface area contributed by atoms with Gasteiger partial charge in [0.05, 0.1) is 19.2 Å². The van der Waals surface area contributed by atoms with Crippen LogP contribution < -0.4 is 5.73 Å². The minimum absolute atomic E-state index is 0.164. The molecule has 1 aliphatic carbocycles. The van der Waals surface area contributed by atoms with Crippen LogP contribution in [0.25, 0.3) is 0 Å². The van der Waals surface area contributed by atoms with Gasteiger partial charge in [-0.05, 0) is 12.8 Å². The van der Waals surface area contributed by atoms with Crippen LogP contribution in [0.2, 0.25) is 0 Å². The van der Waals surface area contributed by atoms with Gasteiger partial charge in [-0.1, -0.05) is 12.8 Å². The molecule has 1 saturated carbocycles. The Hall–Kier alpha value is -1.61. The number of hydrogen-bond acceptors (Lipinski definition) is 4. The molecule has 2 rings (SSSR count). The number of amides is 2. The molecule has 1 heterocycles. The maximum atomic E-state index is 12.4. The predicted molar refractivity (Wildman–Crippen MR) is 62.0 cm³/mol. The molecular formula is C12H17N3O3. The third-order valence-electron chi connectivity index (χ3n) is 3.75. The number of nitrogens with zero attached hydrogens (tertiary/aromatic N) is 2. The third-order valence-corrected chi connectivity index (χ3v) is 3.75. The Morgan fingerprint density at radius 1 is 1.39 bits per heavy atom. The van der Waals surface area contributed by atoms with Crippen molar-refractivity contribution in [3.8, 4) is 6.07 Å². The van der Waals surface area contributed by atoms with Gasteiger partial charge < -0.3 is 15.4 Å². The molecule has 2 amide bonds. The quantitative estimate of drug-likeness (QED) is 0.734. The third kappa shape index (κ3) is 2.18. The molecule has 2 N–H and O–H groups in total. The van der Waals surface area contributed by atoms with Crippen LogP contribution in [-0.4, -0.2) is 42.5 Å². The van der Waals surface area contributed by atoms with E-state index in [1.165, 1.54) is 0 Å². The van der Waals surface area contributed by atoms with Crippen LogP contribution >= 0.6 is 0 Å². The summed E-state index contributed by atoms with van der Waals surface area (Å²) in [6.07, 6.45) is 2.29. The number of ether oxygens (including phenoxy) is 1. The molecule has 1 aliphatic heterocycles. The van der Waals surface area contributed by atoms with Crippen molar-refractivity contribution >= 4 is 11.8 Å². The normalized spacial score (nSPS) is 26.6. The Balaban J connectivity index is 2.09. The van der Waals surface area contributed by atoms with Gasteiger partial charge in [0, 0.05) is 6.54 Å². The number of rotatable bonds is 2. The molecule has 18 heavy (non-hydrogen) atoms. The van der Waals surface area contributed by atoms with Crippen molar-refractivity contribution in [3.05, 3.63) is 0 Å². The lowest BCUT2D eigenvalue weighted by Gasteiger charge is -2.35. The summed E-state index contributed by atoms with van der Waals surface area (Å²) in [6, 6.07) is 2.17. The average molecular weight is 251 g/mol. The van der Waals surface area contributed by atoms with E-state index in [2.05, 4.69) is 6.07 Å². The number of nitrogens with two attached hydrogens (primary N) is 1. The topological polar surface area (TPSA) is 96.4 Å². The molecule has 1 atom stereocenters. The largest absolute Gasteiger partial charge is 0.367 e. The standard InChI is InChI=1S/C12H17N3O3/c13-8-12(3-1-2-4-12)11(17)15-5-6-18-9(7-15)10(14)16/h9H,1-7H2,(H2,14,16). The fourth-order valence-electron chi connectivity index (χ4n) is 2.66. The summed E-state index contributed by atoms with van der Waals surface area (Å²) in [5, 5.41) is 9.27. The van der Waals surface area contributed by atoms with Crippen molar-refractivity contribution in [1.29, 1.82) is 5.26 Å². The molecule has 0 aromatic rings. The molecule has 6 nitrogen and oxygen atoms in total. The maximum absolute atomic E-state index is 12.4. The summed E-state index contributed by atoms with van der Waals surface area (Å²) in [7, 11) is 0. The maximum Gasteiger partial charge on any atom is 0.248 e. The van der Waals surface area contributed by atoms with Gasteiger partial charge in [-0.25, -0.2) is 0 Å². The highest BCUT2D eigenvalue weighted by molar-refractivity contribution is 5.87. The van der Waals surface area contributed by atoms with Crippen molar-refractivity contribution in [2.75, 3.05) is 19.7 Å². The van der Waals surface area contributed by atoms with Crippen LogP contribution in [0.5, 0.6) is 0 Å². The Morgan fingerprint density at radius 2 is 2.06 bits per heavy atom. The fraction of sp³-hybridized carbons (Fsp3) is 0.750. The molecule has 6 heteroatoms. The fourth-order valence-corrected chi connectivity index (χ4v) is 2.66. The van der Waals surface area contributed by atoms with E-state index in [-0.39, 0.29) is 12.5 Å². The van der Waals surface area contributed by atoms with Crippen molar-refractivity contribution in [2.24, 2.45) is 11.1 Å². The highest BCUT2D eigenvalue weighted by Crippen LogP contribution is 2.39. The number of nitriles is 1. The van der Waals surface area contributed by atoms with Crippen molar-refractivity contribution in [3.63, 3.8) is 0 Å². The Labute approximate surface area is 106 Å². The average Bonchev–Trinajstić information content (AvgIpc) is 2.88. The van der Waals surface area contributed by atoms with E-state index in [4.69, 9.17) is 10.5 Å². The highest BCUT2D eigenvalue weighted by atomic mass is 16.5. The molecule has 1 saturated heterocycles. The van der Waals surface area contributed by atoms with E-state index < -0.39 is 17.4 Å². The van der Waals surface area contributed by atoms with Gasteiger partial charge in [-0.2, -0.15) is 5.26 Å². The number of morpholine rings is 1. The number of carbonyl (C=O) groups excluding carboxylic acids is 2. The lowest BCUT2D eigenvalue weighted by atomic mass is 9.86. The number of carbonyl (C=O) groups is 2. The van der Waals surface area contributed by atoms with E-state index >= 15 is 0 Å². The molecule has 0 radical (unpaired) electrons. The monoisotopic (exact) mass is 251 g/mol. The number of hydrogen-bond donors (Lipinski definition) is 1. The van der Waals surface area contributed by atoms with Crippen molar-refractivity contribution < 1.29 is 14.3 Å². The summed E-state index contributed by atoms with van der Waals surface area (Å²) in [5.41, 5.74) is 4.29. The summed E-state index contributed by atoms with van der Waals surface area (Å²) >= 11 is 0. The summed E-state index contributed by atoms with van der Waals surface area (Å²) in [4.78, 5) is 25.1. The molecule has 0 aromatic carbocycles. The first-order valence-corrected chi connectivity index (χ1v) is 6.21. The van der Waals surface area contributed by atoms with Crippen molar-refractivity contribution in [2.45, 2.75) is 31.8 Å². The Kier molecular flexibility index (Phi) is 3.53. The van der Waals surface area contributed by atoms with E-state index in [0.29, 0.717) is 26.0 Å². The van der Waals surface area contributed by atoms with Gasteiger partial charge in [0.1, 0.15) is 5.41 Å². The summed E-state index contributed by atoms with van der Waals surface area (Å²) in [6.45, 7) is 0.879. The second-order valence-electron chi connectivity index (χ2n) is 4.91. The molecule has 98 valence electrons. The van der Waals surface area contributed by atoms with Crippen LogP contribution in [0, 0.1) is 16.7 Å². The first-order valence-electron chi connectivity index (χ1n) is 6.21. The van der Waals surface area contributed by atoms with Crippen LogP contribution in [-0.2, 0) is 14.3 Å². The highest BCUT2D eigenvalue weighted by Gasteiger charge is 2.45. The second-order valence-corrected chi connectivity index (χ2v) is 4.91. The lowest BCUT2D eigenvalue weighted by Crippen LogP contribution is -2.53. The predicted octanol–water partition coefficient (Wildman–Crippen LogP) is -0.217. The number of primary amides is 1. The van der Waals surface area contributed by atoms with Gasteiger partial charge in [0.2, 0.25) is 11.8 Å². The van der Waals surface area contributed by atoms with Gasteiger partial charge in [-0.15, -0.1) is 0 Å². The van der Waals surface area contributed by atoms with E-state index in [9.17, 15) is 14.9 Å². The van der Waals surface area contributed by atoms with Crippen LogP contribution in [0.4, 0.5) is 0 Å². The smallest absolute Gasteiger partial charge is 0.248 e. The van der Waals surface area contributed by atoms with Gasteiger partial charge in [0.15, 0.2) is 6.10 Å². The summed E-state index contributed by atoms with van der Waals surface area (Å²) in [5.74, 6) is -0.734. The first-order chi connectivity index (χ1) is 8.59. The molecule has 2 fully saturated rings. The zero-order valence-electron chi connectivity index (χ0n) is 10.2.